The summed E-state index contributed by atoms with van der Waals surface area (Å²) in [6.07, 6.45) is 7.49. The molecule has 1 aromatic carbocycles. The van der Waals surface area contributed by atoms with E-state index in [0.29, 0.717) is 17.8 Å². The summed E-state index contributed by atoms with van der Waals surface area (Å²) < 4.78 is 0. The van der Waals surface area contributed by atoms with E-state index in [0.717, 1.165) is 32.2 Å². The van der Waals surface area contributed by atoms with Gasteiger partial charge in [-0.2, -0.15) is 0 Å². The first kappa shape index (κ1) is 16.7. The highest BCUT2D eigenvalue weighted by Crippen LogP contribution is 2.22. The number of likely N-dealkylation sites (tertiary alicyclic amines) is 1. The molecule has 1 atom stereocenters. The Bertz CT molecular complexity index is 633. The van der Waals surface area contributed by atoms with Crippen LogP contribution in [0, 0.1) is 11.8 Å². The highest BCUT2D eigenvalue weighted by Gasteiger charge is 2.24. The molecule has 1 aliphatic heterocycles. The molecule has 0 radical (unpaired) electrons. The van der Waals surface area contributed by atoms with Crippen molar-refractivity contribution in [2.24, 2.45) is 11.8 Å². The fourth-order valence-electron chi connectivity index (χ4n) is 3.39. The van der Waals surface area contributed by atoms with E-state index in [-0.39, 0.29) is 30.3 Å². The average molecular weight is 328 g/mol. The van der Waals surface area contributed by atoms with Gasteiger partial charge in [0, 0.05) is 36.9 Å². The monoisotopic (exact) mass is 328 g/mol. The van der Waals surface area contributed by atoms with Crippen molar-refractivity contribution in [3.05, 3.63) is 42.0 Å². The largest absolute Gasteiger partial charge is 0.396 e. The van der Waals surface area contributed by atoms with Crippen LogP contribution < -0.4 is 5.32 Å². The zero-order chi connectivity index (χ0) is 16.9. The first-order valence-electron chi connectivity index (χ1n) is 8.63. The predicted octanol–water partition coefficient (Wildman–Crippen LogP) is 2.44. The first-order chi connectivity index (χ1) is 11.7. The van der Waals surface area contributed by atoms with Crippen LogP contribution in [0.15, 0.2) is 36.4 Å². The van der Waals surface area contributed by atoms with Gasteiger partial charge >= 0.3 is 0 Å². The fourth-order valence-corrected chi connectivity index (χ4v) is 3.39. The number of nitrogens with zero attached hydrogens (tertiary/aromatic N) is 1. The number of allylic oxidation sites excluding steroid dienone is 2. The highest BCUT2D eigenvalue weighted by atomic mass is 16.3. The smallest absolute Gasteiger partial charge is 0.253 e. The van der Waals surface area contributed by atoms with Gasteiger partial charge in [-0.05, 0) is 49.8 Å². The molecule has 3 rings (SSSR count). The van der Waals surface area contributed by atoms with Gasteiger partial charge in [0.1, 0.15) is 0 Å². The van der Waals surface area contributed by atoms with Crippen molar-refractivity contribution < 1.29 is 14.7 Å². The van der Waals surface area contributed by atoms with E-state index in [1.165, 1.54) is 0 Å². The molecule has 0 aromatic heterocycles. The van der Waals surface area contributed by atoms with Gasteiger partial charge in [0.15, 0.2) is 0 Å². The minimum Gasteiger partial charge on any atom is -0.396 e. The molecule has 1 unspecified atom stereocenters. The minimum absolute atomic E-state index is 0.00270. The second kappa shape index (κ2) is 7.62. The summed E-state index contributed by atoms with van der Waals surface area (Å²) >= 11 is 0. The molecule has 5 heteroatoms. The zero-order valence-corrected chi connectivity index (χ0v) is 13.8. The van der Waals surface area contributed by atoms with Crippen molar-refractivity contribution in [3.63, 3.8) is 0 Å². The predicted molar refractivity (Wildman–Crippen MR) is 92.6 cm³/mol. The molecule has 0 bridgehead atoms. The third kappa shape index (κ3) is 3.85. The van der Waals surface area contributed by atoms with E-state index in [4.69, 9.17) is 0 Å². The van der Waals surface area contributed by atoms with Crippen LogP contribution in [0.25, 0.3) is 0 Å². The van der Waals surface area contributed by atoms with Crippen LogP contribution in [0.1, 0.15) is 36.0 Å². The lowest BCUT2D eigenvalue weighted by molar-refractivity contribution is -0.119. The number of rotatable bonds is 4. The van der Waals surface area contributed by atoms with Gasteiger partial charge in [-0.1, -0.05) is 18.2 Å². The standard InChI is InChI=1S/C19H24N2O3/c22-13-14-5-4-10-21(12-14)19(24)16-8-3-9-17(11-16)20-18(23)15-6-1-2-7-15/h1-3,8-9,11,14-15,22H,4-7,10,12-13H2,(H,20,23). The number of aliphatic hydroxyl groups is 1. The van der Waals surface area contributed by atoms with Crippen LogP contribution in [0.5, 0.6) is 0 Å². The van der Waals surface area contributed by atoms with Crippen LogP contribution >= 0.6 is 0 Å². The summed E-state index contributed by atoms with van der Waals surface area (Å²) in [4.78, 5) is 26.7. The summed E-state index contributed by atoms with van der Waals surface area (Å²) in [6.45, 7) is 1.44. The number of carbonyl (C=O) groups is 2. The molecule has 1 saturated heterocycles. The molecule has 0 spiro atoms. The second-order valence-corrected chi connectivity index (χ2v) is 6.65. The number of aliphatic hydroxyl groups excluding tert-OH is 1. The Morgan fingerprint density at radius 3 is 2.79 bits per heavy atom. The normalized spacial score (nSPS) is 21.0. The maximum Gasteiger partial charge on any atom is 0.253 e. The Labute approximate surface area is 142 Å². The molecular weight excluding hydrogens is 304 g/mol. The van der Waals surface area contributed by atoms with Gasteiger partial charge in [0.05, 0.1) is 0 Å². The quantitative estimate of drug-likeness (QED) is 0.834. The van der Waals surface area contributed by atoms with E-state index < -0.39 is 0 Å². The summed E-state index contributed by atoms with van der Waals surface area (Å²) in [7, 11) is 0. The maximum absolute atomic E-state index is 12.7. The third-order valence-electron chi connectivity index (χ3n) is 4.82. The number of amides is 2. The summed E-state index contributed by atoms with van der Waals surface area (Å²) in [5, 5.41) is 12.2. The van der Waals surface area contributed by atoms with Crippen molar-refractivity contribution in [1.82, 2.24) is 4.90 Å². The Morgan fingerprint density at radius 1 is 1.25 bits per heavy atom. The van der Waals surface area contributed by atoms with Gasteiger partial charge < -0.3 is 15.3 Å². The number of benzene rings is 1. The van der Waals surface area contributed by atoms with Gasteiger partial charge in [-0.25, -0.2) is 0 Å². The fraction of sp³-hybridized carbons (Fsp3) is 0.474. The van der Waals surface area contributed by atoms with Crippen molar-refractivity contribution in [2.75, 3.05) is 25.0 Å². The lowest BCUT2D eigenvalue weighted by Crippen LogP contribution is -2.40. The summed E-state index contributed by atoms with van der Waals surface area (Å²) in [5.74, 6) is 0.131. The third-order valence-corrected chi connectivity index (χ3v) is 4.82. The van der Waals surface area contributed by atoms with Crippen LogP contribution in [0.2, 0.25) is 0 Å². The number of hydrogen-bond acceptors (Lipinski definition) is 3. The Balaban J connectivity index is 1.65. The molecule has 1 fully saturated rings. The molecule has 1 heterocycles. The number of piperidine rings is 1. The highest BCUT2D eigenvalue weighted by molar-refractivity contribution is 5.97. The SMILES string of the molecule is O=C(Nc1cccc(C(=O)N2CCCC(CO)C2)c1)C1CC=CC1. The summed E-state index contributed by atoms with van der Waals surface area (Å²) in [6, 6.07) is 7.12. The molecule has 1 aliphatic carbocycles. The first-order valence-corrected chi connectivity index (χ1v) is 8.63. The molecule has 2 aliphatic rings. The number of anilines is 1. The van der Waals surface area contributed by atoms with Crippen molar-refractivity contribution in [2.45, 2.75) is 25.7 Å². The van der Waals surface area contributed by atoms with Crippen LogP contribution in [0.3, 0.4) is 0 Å². The molecule has 2 N–H and O–H groups in total. The zero-order valence-electron chi connectivity index (χ0n) is 13.8. The Morgan fingerprint density at radius 2 is 2.04 bits per heavy atom. The molecule has 24 heavy (non-hydrogen) atoms. The number of nitrogens with one attached hydrogen (secondary N) is 1. The topological polar surface area (TPSA) is 69.6 Å². The second-order valence-electron chi connectivity index (χ2n) is 6.65. The maximum atomic E-state index is 12.7. The van der Waals surface area contributed by atoms with Gasteiger partial charge in [0.2, 0.25) is 5.91 Å². The molecule has 128 valence electrons. The summed E-state index contributed by atoms with van der Waals surface area (Å²) in [5.41, 5.74) is 1.24. The van der Waals surface area contributed by atoms with Crippen molar-refractivity contribution in [3.8, 4) is 0 Å². The van der Waals surface area contributed by atoms with Crippen LogP contribution in [0.4, 0.5) is 5.69 Å². The molecular formula is C19H24N2O3. The van der Waals surface area contributed by atoms with E-state index in [2.05, 4.69) is 5.32 Å². The van der Waals surface area contributed by atoms with Gasteiger partial charge in [0.25, 0.3) is 5.91 Å². The van der Waals surface area contributed by atoms with E-state index >= 15 is 0 Å². The van der Waals surface area contributed by atoms with Crippen molar-refractivity contribution in [1.29, 1.82) is 0 Å². The van der Waals surface area contributed by atoms with E-state index in [9.17, 15) is 14.7 Å². The molecule has 0 saturated carbocycles. The number of carbonyl (C=O) groups excluding carboxylic acids is 2. The Kier molecular flexibility index (Phi) is 5.30. The lowest BCUT2D eigenvalue weighted by atomic mass is 9.98. The molecule has 2 amide bonds. The number of hydrogen-bond donors (Lipinski definition) is 2. The van der Waals surface area contributed by atoms with Crippen LogP contribution in [-0.4, -0.2) is 41.5 Å². The van der Waals surface area contributed by atoms with Crippen LogP contribution in [-0.2, 0) is 4.79 Å². The Hall–Kier alpha value is -2.14. The molecule has 1 aromatic rings. The lowest BCUT2D eigenvalue weighted by Gasteiger charge is -2.32. The van der Waals surface area contributed by atoms with E-state index in [1.54, 1.807) is 23.1 Å². The minimum atomic E-state index is -0.0354. The van der Waals surface area contributed by atoms with Gasteiger partial charge in [-0.3, -0.25) is 9.59 Å². The van der Waals surface area contributed by atoms with E-state index in [1.807, 2.05) is 18.2 Å². The van der Waals surface area contributed by atoms with Crippen molar-refractivity contribution >= 4 is 17.5 Å². The van der Waals surface area contributed by atoms with Gasteiger partial charge in [-0.15, -0.1) is 0 Å². The molecule has 5 nitrogen and oxygen atoms in total. The average Bonchev–Trinajstić information content (AvgIpc) is 3.16.